The Morgan fingerprint density at radius 3 is 2.00 bits per heavy atom. The van der Waals surface area contributed by atoms with E-state index in [9.17, 15) is 8.78 Å². The average Bonchev–Trinajstić information content (AvgIpc) is 2.38. The second-order valence-corrected chi connectivity index (χ2v) is 8.19. The smallest absolute Gasteiger partial charge is 0.301 e. The van der Waals surface area contributed by atoms with Gasteiger partial charge in [0, 0.05) is 39.1 Å². The van der Waals surface area contributed by atoms with E-state index in [1.807, 2.05) is 20.8 Å². The molecule has 0 aromatic heterocycles. The van der Waals surface area contributed by atoms with Crippen LogP contribution in [0, 0.1) is 11.3 Å². The molecule has 0 aromatic carbocycles. The third kappa shape index (κ3) is 5.48. The zero-order valence-corrected chi connectivity index (χ0v) is 14.0. The van der Waals surface area contributed by atoms with Crippen LogP contribution in [0.15, 0.2) is 0 Å². The number of hydrogen-bond donors (Lipinski definition) is 0. The molecule has 0 bridgehead atoms. The molecule has 2 fully saturated rings. The Balaban J connectivity index is 1.77. The fourth-order valence-electron chi connectivity index (χ4n) is 3.74. The summed E-state index contributed by atoms with van der Waals surface area (Å²) in [4.78, 5) is 3.80. The Kier molecular flexibility index (Phi) is 5.64. The van der Waals surface area contributed by atoms with Crippen molar-refractivity contribution in [2.24, 2.45) is 11.3 Å². The van der Waals surface area contributed by atoms with Crippen LogP contribution >= 0.6 is 0 Å². The first-order valence-corrected chi connectivity index (χ1v) is 8.61. The van der Waals surface area contributed by atoms with E-state index in [1.165, 1.54) is 37.0 Å². The topological polar surface area (TPSA) is 6.48 Å². The van der Waals surface area contributed by atoms with Gasteiger partial charge in [-0.15, -0.1) is 0 Å². The summed E-state index contributed by atoms with van der Waals surface area (Å²) in [6.45, 7) is 9.41. The second-order valence-electron chi connectivity index (χ2n) is 8.19. The number of halogens is 2. The fraction of sp³-hybridized carbons (Fsp3) is 1.00. The Morgan fingerprint density at radius 2 is 1.48 bits per heavy atom. The molecule has 0 unspecified atom stereocenters. The summed E-state index contributed by atoms with van der Waals surface area (Å²) in [6, 6.07) is -2.66. The number of rotatable bonds is 4. The van der Waals surface area contributed by atoms with Crippen molar-refractivity contribution in [2.75, 3.05) is 32.7 Å². The van der Waals surface area contributed by atoms with Crippen LogP contribution in [-0.4, -0.2) is 48.6 Å². The molecule has 1 saturated carbocycles. The summed E-state index contributed by atoms with van der Waals surface area (Å²) < 4.78 is 28.6. The number of nitrogens with zero attached hydrogens (tertiary/aromatic N) is 2. The minimum atomic E-state index is -2.66. The van der Waals surface area contributed by atoms with Crippen molar-refractivity contribution in [3.8, 4) is 0 Å². The molecular weight excluding hydrogens is 270 g/mol. The largest absolute Gasteiger partial charge is 0.305 e. The Morgan fingerprint density at radius 1 is 0.905 bits per heavy atom. The van der Waals surface area contributed by atoms with E-state index in [4.69, 9.17) is 0 Å². The van der Waals surface area contributed by atoms with E-state index in [0.29, 0.717) is 13.1 Å². The first-order valence-electron chi connectivity index (χ1n) is 8.61. The van der Waals surface area contributed by atoms with Crippen LogP contribution in [0.1, 0.15) is 59.3 Å². The number of piperazine rings is 1. The standard InChI is InChI=1S/C17H32F2N2/c1-16(2,3)14-17(18,19)21-11-9-20(10-12-21)13-15-7-5-4-6-8-15/h15H,4-14H2,1-3H3. The lowest BCUT2D eigenvalue weighted by molar-refractivity contribution is -0.178. The van der Waals surface area contributed by atoms with Gasteiger partial charge in [-0.1, -0.05) is 40.0 Å². The molecule has 0 atom stereocenters. The third-order valence-electron chi connectivity index (χ3n) is 4.82. The van der Waals surface area contributed by atoms with Gasteiger partial charge in [-0.05, 0) is 24.2 Å². The van der Waals surface area contributed by atoms with E-state index in [1.54, 1.807) is 0 Å². The van der Waals surface area contributed by atoms with Gasteiger partial charge >= 0.3 is 6.05 Å². The van der Waals surface area contributed by atoms with Crippen molar-refractivity contribution in [2.45, 2.75) is 65.3 Å². The van der Waals surface area contributed by atoms with Crippen molar-refractivity contribution in [3.05, 3.63) is 0 Å². The molecule has 21 heavy (non-hydrogen) atoms. The minimum Gasteiger partial charge on any atom is -0.301 e. The minimum absolute atomic E-state index is 0.0530. The third-order valence-corrected chi connectivity index (χ3v) is 4.82. The second kappa shape index (κ2) is 6.91. The van der Waals surface area contributed by atoms with Crippen LogP contribution in [0.2, 0.25) is 0 Å². The molecule has 2 aliphatic rings. The lowest BCUT2D eigenvalue weighted by Crippen LogP contribution is -2.55. The van der Waals surface area contributed by atoms with Crippen LogP contribution in [0.4, 0.5) is 8.78 Å². The highest BCUT2D eigenvalue weighted by molar-refractivity contribution is 4.82. The monoisotopic (exact) mass is 302 g/mol. The molecule has 4 heteroatoms. The molecule has 0 N–H and O–H groups in total. The van der Waals surface area contributed by atoms with Crippen LogP contribution in [0.25, 0.3) is 0 Å². The van der Waals surface area contributed by atoms with E-state index >= 15 is 0 Å². The molecule has 1 heterocycles. The first-order chi connectivity index (χ1) is 9.76. The van der Waals surface area contributed by atoms with Gasteiger partial charge in [-0.25, -0.2) is 4.90 Å². The van der Waals surface area contributed by atoms with Crippen molar-refractivity contribution >= 4 is 0 Å². The van der Waals surface area contributed by atoms with Gasteiger partial charge in [0.05, 0.1) is 0 Å². The zero-order chi connectivity index (χ0) is 15.5. The zero-order valence-electron chi connectivity index (χ0n) is 14.0. The maximum Gasteiger partial charge on any atom is 0.305 e. The van der Waals surface area contributed by atoms with E-state index in [0.717, 1.165) is 25.6 Å². The van der Waals surface area contributed by atoms with Gasteiger partial charge < -0.3 is 4.90 Å². The summed E-state index contributed by atoms with van der Waals surface area (Å²) in [5.74, 6) is 0.806. The number of hydrogen-bond acceptors (Lipinski definition) is 2. The molecule has 1 saturated heterocycles. The molecule has 1 aliphatic heterocycles. The van der Waals surface area contributed by atoms with Crippen LogP contribution in [0.3, 0.4) is 0 Å². The van der Waals surface area contributed by atoms with Gasteiger partial charge in [0.15, 0.2) is 0 Å². The molecular formula is C17H32F2N2. The first kappa shape index (κ1) is 17.1. The molecule has 0 aromatic rings. The Bertz CT molecular complexity index is 311. The van der Waals surface area contributed by atoms with Gasteiger partial charge in [0.2, 0.25) is 0 Å². The molecule has 0 radical (unpaired) electrons. The van der Waals surface area contributed by atoms with Gasteiger partial charge in [-0.3, -0.25) is 0 Å². The quantitative estimate of drug-likeness (QED) is 0.718. The van der Waals surface area contributed by atoms with Crippen LogP contribution < -0.4 is 0 Å². The maximum atomic E-state index is 14.3. The highest BCUT2D eigenvalue weighted by Gasteiger charge is 2.41. The van der Waals surface area contributed by atoms with Crippen molar-refractivity contribution < 1.29 is 8.78 Å². The van der Waals surface area contributed by atoms with Crippen molar-refractivity contribution in [1.29, 1.82) is 0 Å². The average molecular weight is 302 g/mol. The predicted octanol–water partition coefficient (Wildman–Crippen LogP) is 4.21. The van der Waals surface area contributed by atoms with E-state index < -0.39 is 6.05 Å². The number of alkyl halides is 2. The Labute approximate surface area is 128 Å². The molecule has 2 rings (SSSR count). The van der Waals surface area contributed by atoms with Crippen molar-refractivity contribution in [1.82, 2.24) is 9.80 Å². The van der Waals surface area contributed by atoms with Gasteiger partial charge in [0.25, 0.3) is 0 Å². The summed E-state index contributed by atoms with van der Waals surface area (Å²) in [5.41, 5.74) is -0.331. The van der Waals surface area contributed by atoms with E-state index in [2.05, 4.69) is 4.90 Å². The maximum absolute atomic E-state index is 14.3. The molecule has 2 nitrogen and oxygen atoms in total. The SMILES string of the molecule is CC(C)(C)CC(F)(F)N1CCN(CC2CCCCC2)CC1. The summed E-state index contributed by atoms with van der Waals surface area (Å²) in [5, 5.41) is 0. The molecule has 1 aliphatic carbocycles. The molecule has 0 spiro atoms. The normalized spacial score (nSPS) is 24.4. The summed E-state index contributed by atoms with van der Waals surface area (Å²) >= 11 is 0. The highest BCUT2D eigenvalue weighted by atomic mass is 19.3. The van der Waals surface area contributed by atoms with Gasteiger partial charge in [-0.2, -0.15) is 8.78 Å². The predicted molar refractivity (Wildman–Crippen MR) is 83.6 cm³/mol. The van der Waals surface area contributed by atoms with Crippen LogP contribution in [0.5, 0.6) is 0 Å². The van der Waals surface area contributed by atoms with Gasteiger partial charge in [0.1, 0.15) is 0 Å². The fourth-order valence-corrected chi connectivity index (χ4v) is 3.74. The van der Waals surface area contributed by atoms with Crippen molar-refractivity contribution in [3.63, 3.8) is 0 Å². The lowest BCUT2D eigenvalue weighted by Gasteiger charge is -2.41. The summed E-state index contributed by atoms with van der Waals surface area (Å²) in [7, 11) is 0. The molecule has 0 amide bonds. The van der Waals surface area contributed by atoms with Crippen LogP contribution in [-0.2, 0) is 0 Å². The molecule has 124 valence electrons. The lowest BCUT2D eigenvalue weighted by atomic mass is 9.88. The van der Waals surface area contributed by atoms with E-state index in [-0.39, 0.29) is 11.8 Å². The summed E-state index contributed by atoms with van der Waals surface area (Å²) in [6.07, 6.45) is 6.70. The Hall–Kier alpha value is -0.220. The highest BCUT2D eigenvalue weighted by Crippen LogP contribution is 2.35.